The largest absolute Gasteiger partial charge is 0.376 e. The van der Waals surface area contributed by atoms with Gasteiger partial charge in [0, 0.05) is 30.8 Å². The minimum Gasteiger partial charge on any atom is -0.376 e. The fraction of sp³-hybridized carbons (Fsp3) is 0.733. The van der Waals surface area contributed by atoms with Gasteiger partial charge in [0.25, 0.3) is 0 Å². The number of amides is 2. The summed E-state index contributed by atoms with van der Waals surface area (Å²) in [5.74, 6) is 0.661. The maximum absolute atomic E-state index is 12.1. The second kappa shape index (κ2) is 7.75. The molecule has 0 bridgehead atoms. The molecule has 1 aliphatic rings. The summed E-state index contributed by atoms with van der Waals surface area (Å²) in [4.78, 5) is 19.2. The number of nitrogens with one attached hydrogen (secondary N) is 1. The van der Waals surface area contributed by atoms with Crippen LogP contribution in [0.1, 0.15) is 36.6 Å². The Bertz CT molecular complexity index is 462. The lowest BCUT2D eigenvalue weighted by Crippen LogP contribution is -2.38. The van der Waals surface area contributed by atoms with Crippen molar-refractivity contribution in [1.82, 2.24) is 15.2 Å². The molecular weight excluding hydrogens is 286 g/mol. The Morgan fingerprint density at radius 3 is 3.10 bits per heavy atom. The Labute approximate surface area is 130 Å². The van der Waals surface area contributed by atoms with Crippen LogP contribution in [0, 0.1) is 12.8 Å². The van der Waals surface area contributed by atoms with Gasteiger partial charge in [0.1, 0.15) is 0 Å². The first-order valence-corrected chi connectivity index (χ1v) is 8.42. The number of carbonyl (C=O) groups excluding carboxylic acids is 1. The number of rotatable bonds is 6. The molecule has 0 unspecified atom stereocenters. The summed E-state index contributed by atoms with van der Waals surface area (Å²) < 4.78 is 5.83. The third kappa shape index (κ3) is 5.28. The van der Waals surface area contributed by atoms with Crippen molar-refractivity contribution in [3.05, 3.63) is 16.1 Å². The lowest BCUT2D eigenvalue weighted by atomic mass is 10.1. The van der Waals surface area contributed by atoms with Crippen LogP contribution in [0.15, 0.2) is 6.20 Å². The lowest BCUT2D eigenvalue weighted by molar-refractivity contribution is 0.0543. The summed E-state index contributed by atoms with van der Waals surface area (Å²) in [5.41, 5.74) is 0. The Hall–Kier alpha value is -1.14. The number of aromatic nitrogens is 1. The summed E-state index contributed by atoms with van der Waals surface area (Å²) in [7, 11) is 0. The van der Waals surface area contributed by atoms with Crippen molar-refractivity contribution in [3.63, 3.8) is 0 Å². The van der Waals surface area contributed by atoms with Gasteiger partial charge in [-0.3, -0.25) is 0 Å². The second-order valence-electron chi connectivity index (χ2n) is 5.91. The van der Waals surface area contributed by atoms with Crippen LogP contribution in [0.2, 0.25) is 0 Å². The number of nitrogens with zero attached hydrogens (tertiary/aromatic N) is 2. The second-order valence-corrected chi connectivity index (χ2v) is 7.23. The van der Waals surface area contributed by atoms with Crippen LogP contribution in [-0.2, 0) is 11.3 Å². The summed E-state index contributed by atoms with van der Waals surface area (Å²) in [6.45, 7) is 9.18. The van der Waals surface area contributed by atoms with Crippen LogP contribution < -0.4 is 5.32 Å². The predicted octanol–water partition coefficient (Wildman–Crippen LogP) is 2.80. The number of urea groups is 1. The van der Waals surface area contributed by atoms with Crippen molar-refractivity contribution in [2.45, 2.75) is 46.3 Å². The molecule has 0 aromatic carbocycles. The van der Waals surface area contributed by atoms with E-state index in [1.807, 2.05) is 18.0 Å². The normalized spacial score (nSPS) is 18.5. The summed E-state index contributed by atoms with van der Waals surface area (Å²) in [5, 5.41) is 3.98. The van der Waals surface area contributed by atoms with E-state index < -0.39 is 0 Å². The van der Waals surface area contributed by atoms with Crippen molar-refractivity contribution >= 4 is 17.4 Å². The van der Waals surface area contributed by atoms with Gasteiger partial charge in [-0.15, -0.1) is 11.3 Å². The number of carbonyl (C=O) groups is 1. The quantitative estimate of drug-likeness (QED) is 0.879. The fourth-order valence-corrected chi connectivity index (χ4v) is 3.02. The van der Waals surface area contributed by atoms with Gasteiger partial charge < -0.3 is 15.0 Å². The number of aryl methyl sites for hydroxylation is 1. The van der Waals surface area contributed by atoms with Crippen molar-refractivity contribution in [1.29, 1.82) is 0 Å². The first-order valence-electron chi connectivity index (χ1n) is 7.60. The Morgan fingerprint density at radius 2 is 2.43 bits per heavy atom. The average molecular weight is 311 g/mol. The van der Waals surface area contributed by atoms with E-state index in [1.165, 1.54) is 0 Å². The maximum Gasteiger partial charge on any atom is 0.317 e. The van der Waals surface area contributed by atoms with Gasteiger partial charge in [-0.25, -0.2) is 9.78 Å². The van der Waals surface area contributed by atoms with Gasteiger partial charge in [0.05, 0.1) is 17.7 Å². The minimum atomic E-state index is -0.00369. The highest BCUT2D eigenvalue weighted by Gasteiger charge is 2.26. The number of hydrogen-bond donors (Lipinski definition) is 1. The zero-order valence-electron chi connectivity index (χ0n) is 13.1. The molecular formula is C15H25N3O2S. The monoisotopic (exact) mass is 311 g/mol. The highest BCUT2D eigenvalue weighted by atomic mass is 32.1. The number of thiazole rings is 1. The van der Waals surface area contributed by atoms with E-state index in [1.54, 1.807) is 11.3 Å². The van der Waals surface area contributed by atoms with Crippen LogP contribution in [0.4, 0.5) is 4.79 Å². The highest BCUT2D eigenvalue weighted by Crippen LogP contribution is 2.15. The molecule has 1 N–H and O–H groups in total. The van der Waals surface area contributed by atoms with E-state index in [9.17, 15) is 4.79 Å². The molecule has 1 aromatic rings. The molecule has 0 aliphatic carbocycles. The number of likely N-dealkylation sites (tertiary alicyclic amines) is 1. The summed E-state index contributed by atoms with van der Waals surface area (Å²) in [6, 6.07) is -0.00369. The van der Waals surface area contributed by atoms with Crippen molar-refractivity contribution in [2.24, 2.45) is 5.92 Å². The van der Waals surface area contributed by atoms with E-state index in [0.29, 0.717) is 19.0 Å². The van der Waals surface area contributed by atoms with Crippen LogP contribution in [0.3, 0.4) is 0 Å². The van der Waals surface area contributed by atoms with Crippen molar-refractivity contribution in [2.75, 3.05) is 19.7 Å². The van der Waals surface area contributed by atoms with Crippen molar-refractivity contribution < 1.29 is 9.53 Å². The van der Waals surface area contributed by atoms with Gasteiger partial charge in [0.15, 0.2) is 0 Å². The summed E-state index contributed by atoms with van der Waals surface area (Å²) >= 11 is 1.62. The summed E-state index contributed by atoms with van der Waals surface area (Å²) in [6.07, 6.45) is 4.03. The molecule has 5 nitrogen and oxygen atoms in total. The average Bonchev–Trinajstić information content (AvgIpc) is 3.05. The fourth-order valence-electron chi connectivity index (χ4n) is 2.28. The Balaban J connectivity index is 1.67. The first kappa shape index (κ1) is 16.2. The minimum absolute atomic E-state index is 0.00369. The Kier molecular flexibility index (Phi) is 5.99. The number of hydrogen-bond acceptors (Lipinski definition) is 4. The standard InChI is InChI=1S/C15H25N3O2S/c1-11(2)5-7-20-13-4-6-18(10-13)15(19)17-9-14-8-16-12(3)21-14/h8,11,13H,4-7,9-10H2,1-3H3,(H,17,19)/t13-/m0/s1. The van der Waals surface area contributed by atoms with Crippen molar-refractivity contribution in [3.8, 4) is 0 Å². The third-order valence-corrected chi connectivity index (χ3v) is 4.48. The smallest absolute Gasteiger partial charge is 0.317 e. The molecule has 0 radical (unpaired) electrons. The topological polar surface area (TPSA) is 54.5 Å². The lowest BCUT2D eigenvalue weighted by Gasteiger charge is -2.17. The molecule has 1 aromatic heterocycles. The molecule has 118 valence electrons. The zero-order valence-corrected chi connectivity index (χ0v) is 13.9. The SMILES string of the molecule is Cc1ncc(CNC(=O)N2CC[C@H](OCCC(C)C)C2)s1. The maximum atomic E-state index is 12.1. The van der Waals surface area contributed by atoms with Crippen LogP contribution in [-0.4, -0.2) is 41.7 Å². The Morgan fingerprint density at radius 1 is 1.62 bits per heavy atom. The van der Waals surface area contributed by atoms with E-state index in [0.717, 1.165) is 35.9 Å². The molecule has 1 saturated heterocycles. The van der Waals surface area contributed by atoms with Gasteiger partial charge in [-0.05, 0) is 25.7 Å². The highest BCUT2D eigenvalue weighted by molar-refractivity contribution is 7.11. The molecule has 2 heterocycles. The molecule has 2 amide bonds. The van der Waals surface area contributed by atoms with Gasteiger partial charge in [-0.2, -0.15) is 0 Å². The molecule has 1 atom stereocenters. The third-order valence-electron chi connectivity index (χ3n) is 3.56. The molecule has 2 rings (SSSR count). The van der Waals surface area contributed by atoms with E-state index >= 15 is 0 Å². The zero-order chi connectivity index (χ0) is 15.2. The van der Waals surface area contributed by atoms with E-state index in [2.05, 4.69) is 24.1 Å². The molecule has 0 saturated carbocycles. The van der Waals surface area contributed by atoms with E-state index in [-0.39, 0.29) is 12.1 Å². The molecule has 1 aliphatic heterocycles. The predicted molar refractivity (Wildman–Crippen MR) is 84.5 cm³/mol. The number of ether oxygens (including phenoxy) is 1. The van der Waals surface area contributed by atoms with Gasteiger partial charge in [-0.1, -0.05) is 13.8 Å². The van der Waals surface area contributed by atoms with E-state index in [4.69, 9.17) is 4.74 Å². The van der Waals surface area contributed by atoms with Crippen LogP contribution in [0.25, 0.3) is 0 Å². The first-order chi connectivity index (χ1) is 10.0. The van der Waals surface area contributed by atoms with Crippen LogP contribution in [0.5, 0.6) is 0 Å². The van der Waals surface area contributed by atoms with Gasteiger partial charge in [0.2, 0.25) is 0 Å². The van der Waals surface area contributed by atoms with Crippen LogP contribution >= 0.6 is 11.3 Å². The van der Waals surface area contributed by atoms with Gasteiger partial charge >= 0.3 is 6.03 Å². The molecule has 0 spiro atoms. The molecule has 21 heavy (non-hydrogen) atoms. The molecule has 6 heteroatoms. The molecule has 1 fully saturated rings.